The molecule has 164 valence electrons. The van der Waals surface area contributed by atoms with E-state index < -0.39 is 17.4 Å². The molecule has 1 spiro atoms. The smallest absolute Gasteiger partial charge is 0.250 e. The number of benzene rings is 2. The molecule has 7 nitrogen and oxygen atoms in total. The molecule has 0 radical (unpaired) electrons. The lowest BCUT2D eigenvalue weighted by Gasteiger charge is -2.36. The van der Waals surface area contributed by atoms with Crippen LogP contribution in [0.5, 0.6) is 5.75 Å². The van der Waals surface area contributed by atoms with Gasteiger partial charge in [0.2, 0.25) is 17.7 Å². The van der Waals surface area contributed by atoms with Gasteiger partial charge >= 0.3 is 0 Å². The summed E-state index contributed by atoms with van der Waals surface area (Å²) in [6.07, 6.45) is 1.66. The number of halogens is 1. The van der Waals surface area contributed by atoms with E-state index in [1.54, 1.807) is 18.2 Å². The standard InChI is InChI=1S/C24H22ClN3O4/c1-12-5-3-6-14-20(12)26-23(31)24(14)19-18(15-7-4-10-27(15)24)21(29)28(22(19)30)16-11-13(25)8-9-17(16)32-2/h3,5-6,8-9,11,15,18-19H,4,7,10H2,1-2H3,(H,26,31)/t15-,18+,19+,24-/m0/s1. The fourth-order valence-electron chi connectivity index (χ4n) is 6.45. The fourth-order valence-corrected chi connectivity index (χ4v) is 6.62. The predicted octanol–water partition coefficient (Wildman–Crippen LogP) is 3.09. The summed E-state index contributed by atoms with van der Waals surface area (Å²) >= 11 is 6.21. The first-order valence-electron chi connectivity index (χ1n) is 10.8. The van der Waals surface area contributed by atoms with Crippen LogP contribution < -0.4 is 15.0 Å². The second-order valence-corrected chi connectivity index (χ2v) is 9.39. The number of para-hydroxylation sites is 1. The van der Waals surface area contributed by atoms with Crippen molar-refractivity contribution in [2.45, 2.75) is 31.3 Å². The molecule has 3 amide bonds. The van der Waals surface area contributed by atoms with Crippen LogP contribution in [0, 0.1) is 18.8 Å². The Balaban J connectivity index is 1.57. The van der Waals surface area contributed by atoms with E-state index in [-0.39, 0.29) is 23.8 Å². The van der Waals surface area contributed by atoms with Gasteiger partial charge in [0, 0.05) is 22.3 Å². The summed E-state index contributed by atoms with van der Waals surface area (Å²) in [7, 11) is 1.49. The van der Waals surface area contributed by atoms with Crippen LogP contribution in [-0.4, -0.2) is 42.3 Å². The number of carbonyl (C=O) groups excluding carboxylic acids is 3. The number of aryl methyl sites for hydroxylation is 1. The van der Waals surface area contributed by atoms with Crippen molar-refractivity contribution in [1.82, 2.24) is 4.90 Å². The van der Waals surface area contributed by atoms with Crippen LogP contribution in [0.2, 0.25) is 5.02 Å². The third kappa shape index (κ3) is 2.18. The molecule has 8 heteroatoms. The van der Waals surface area contributed by atoms with Crippen molar-refractivity contribution in [3.63, 3.8) is 0 Å². The molecule has 6 rings (SSSR count). The number of nitrogens with zero attached hydrogens (tertiary/aromatic N) is 2. The van der Waals surface area contributed by atoms with Gasteiger partial charge in [-0.3, -0.25) is 19.3 Å². The van der Waals surface area contributed by atoms with Gasteiger partial charge in [-0.2, -0.15) is 0 Å². The average Bonchev–Trinajstić information content (AvgIpc) is 3.47. The predicted molar refractivity (Wildman–Crippen MR) is 119 cm³/mol. The molecule has 0 bridgehead atoms. The van der Waals surface area contributed by atoms with E-state index in [1.165, 1.54) is 12.0 Å². The summed E-state index contributed by atoms with van der Waals surface area (Å²) in [4.78, 5) is 44.8. The van der Waals surface area contributed by atoms with E-state index in [4.69, 9.17) is 16.3 Å². The van der Waals surface area contributed by atoms with E-state index >= 15 is 0 Å². The van der Waals surface area contributed by atoms with Crippen LogP contribution in [-0.2, 0) is 19.9 Å². The molecule has 1 N–H and O–H groups in total. The zero-order valence-corrected chi connectivity index (χ0v) is 18.5. The summed E-state index contributed by atoms with van der Waals surface area (Å²) in [5.74, 6) is -1.89. The van der Waals surface area contributed by atoms with Crippen LogP contribution in [0.25, 0.3) is 0 Å². The lowest BCUT2D eigenvalue weighted by Crippen LogP contribution is -2.54. The quantitative estimate of drug-likeness (QED) is 0.710. The van der Waals surface area contributed by atoms with Gasteiger partial charge in [-0.05, 0) is 50.1 Å². The van der Waals surface area contributed by atoms with Crippen molar-refractivity contribution in [1.29, 1.82) is 0 Å². The molecule has 0 unspecified atom stereocenters. The summed E-state index contributed by atoms with van der Waals surface area (Å²) in [5.41, 5.74) is 1.63. The topological polar surface area (TPSA) is 79.0 Å². The minimum atomic E-state index is -1.18. The summed E-state index contributed by atoms with van der Waals surface area (Å²) in [6, 6.07) is 10.5. The molecular formula is C24H22ClN3O4. The maximum Gasteiger partial charge on any atom is 0.250 e. The zero-order chi connectivity index (χ0) is 22.4. The maximum atomic E-state index is 14.0. The molecule has 32 heavy (non-hydrogen) atoms. The first-order chi connectivity index (χ1) is 15.4. The molecule has 4 atom stereocenters. The zero-order valence-electron chi connectivity index (χ0n) is 17.7. The minimum absolute atomic E-state index is 0.163. The number of anilines is 2. The number of nitrogens with one attached hydrogen (secondary N) is 1. The van der Waals surface area contributed by atoms with Crippen molar-refractivity contribution >= 4 is 40.7 Å². The fraction of sp³-hybridized carbons (Fsp3) is 0.375. The molecule has 3 saturated heterocycles. The molecular weight excluding hydrogens is 430 g/mol. The Morgan fingerprint density at radius 3 is 2.75 bits per heavy atom. The molecule has 4 aliphatic heterocycles. The van der Waals surface area contributed by atoms with Gasteiger partial charge < -0.3 is 10.1 Å². The van der Waals surface area contributed by atoms with Crippen LogP contribution in [0.4, 0.5) is 11.4 Å². The lowest BCUT2D eigenvalue weighted by atomic mass is 9.75. The summed E-state index contributed by atoms with van der Waals surface area (Å²) < 4.78 is 5.43. The van der Waals surface area contributed by atoms with Crippen molar-refractivity contribution in [3.05, 3.63) is 52.5 Å². The van der Waals surface area contributed by atoms with Crippen LogP contribution in [0.15, 0.2) is 36.4 Å². The maximum absolute atomic E-state index is 14.0. The van der Waals surface area contributed by atoms with Gasteiger partial charge in [0.25, 0.3) is 0 Å². The second-order valence-electron chi connectivity index (χ2n) is 8.95. The second kappa shape index (κ2) is 6.56. The number of amides is 3. The lowest BCUT2D eigenvalue weighted by molar-refractivity contribution is -0.135. The number of fused-ring (bicyclic) bond motifs is 7. The van der Waals surface area contributed by atoms with E-state index in [2.05, 4.69) is 10.2 Å². The molecule has 4 heterocycles. The number of carbonyl (C=O) groups is 3. The number of hydrogen-bond donors (Lipinski definition) is 1. The first kappa shape index (κ1) is 19.8. The molecule has 0 saturated carbocycles. The van der Waals surface area contributed by atoms with E-state index in [0.29, 0.717) is 23.0 Å². The molecule has 3 fully saturated rings. The van der Waals surface area contributed by atoms with E-state index in [9.17, 15) is 14.4 Å². The Morgan fingerprint density at radius 2 is 1.97 bits per heavy atom. The van der Waals surface area contributed by atoms with E-state index in [0.717, 1.165) is 29.7 Å². The Bertz CT molecular complexity index is 1210. The molecule has 4 aliphatic rings. The molecule has 0 aromatic heterocycles. The SMILES string of the molecule is COc1ccc(Cl)cc1N1C(=O)[C@@H]2[C@@H]3CCCN3[C@]3(C(=O)Nc4c(C)cccc43)[C@H]2C1=O. The van der Waals surface area contributed by atoms with Crippen molar-refractivity contribution in [3.8, 4) is 5.75 Å². The highest BCUT2D eigenvalue weighted by Gasteiger charge is 2.74. The molecule has 2 aromatic carbocycles. The number of rotatable bonds is 2. The van der Waals surface area contributed by atoms with Gasteiger partial charge in [-0.1, -0.05) is 29.8 Å². The molecule has 0 aliphatic carbocycles. The van der Waals surface area contributed by atoms with E-state index in [1.807, 2.05) is 25.1 Å². The van der Waals surface area contributed by atoms with Crippen LogP contribution in [0.3, 0.4) is 0 Å². The van der Waals surface area contributed by atoms with Gasteiger partial charge in [0.05, 0.1) is 24.6 Å². The summed E-state index contributed by atoms with van der Waals surface area (Å²) in [5, 5.41) is 3.44. The Hall–Kier alpha value is -2.90. The highest BCUT2D eigenvalue weighted by molar-refractivity contribution is 6.32. The van der Waals surface area contributed by atoms with Crippen LogP contribution >= 0.6 is 11.6 Å². The monoisotopic (exact) mass is 451 g/mol. The van der Waals surface area contributed by atoms with Gasteiger partial charge in [0.15, 0.2) is 0 Å². The number of imide groups is 1. The van der Waals surface area contributed by atoms with Crippen molar-refractivity contribution in [2.75, 3.05) is 23.9 Å². The van der Waals surface area contributed by atoms with Crippen molar-refractivity contribution in [2.24, 2.45) is 11.8 Å². The number of ether oxygens (including phenoxy) is 1. The Kier molecular flexibility index (Phi) is 4.05. The normalized spacial score (nSPS) is 30.7. The number of methoxy groups -OCH3 is 1. The van der Waals surface area contributed by atoms with Gasteiger partial charge in [0.1, 0.15) is 11.3 Å². The first-order valence-corrected chi connectivity index (χ1v) is 11.2. The van der Waals surface area contributed by atoms with Crippen molar-refractivity contribution < 1.29 is 19.1 Å². The van der Waals surface area contributed by atoms with Crippen LogP contribution in [0.1, 0.15) is 24.0 Å². The van der Waals surface area contributed by atoms with Gasteiger partial charge in [-0.15, -0.1) is 0 Å². The minimum Gasteiger partial charge on any atom is -0.495 e. The molecule has 2 aromatic rings. The highest BCUT2D eigenvalue weighted by atomic mass is 35.5. The third-order valence-electron chi connectivity index (χ3n) is 7.62. The van der Waals surface area contributed by atoms with Gasteiger partial charge in [-0.25, -0.2) is 4.90 Å². The average molecular weight is 452 g/mol. The highest BCUT2D eigenvalue weighted by Crippen LogP contribution is 2.61. The number of hydrogen-bond acceptors (Lipinski definition) is 5. The Labute approximate surface area is 190 Å². The largest absolute Gasteiger partial charge is 0.495 e. The third-order valence-corrected chi connectivity index (χ3v) is 7.85. The Morgan fingerprint density at radius 1 is 1.16 bits per heavy atom. The summed E-state index contributed by atoms with van der Waals surface area (Å²) in [6.45, 7) is 2.62.